The Hall–Kier alpha value is -3.20. The quantitative estimate of drug-likeness (QED) is 0.502. The molecule has 3 aromatic rings. The molecule has 1 aromatic heterocycles. The number of anilines is 1. The van der Waals surface area contributed by atoms with E-state index in [4.69, 9.17) is 5.73 Å². The average Bonchev–Trinajstić information content (AvgIpc) is 2.69. The molecule has 0 spiro atoms. The molecule has 5 nitrogen and oxygen atoms in total. The van der Waals surface area contributed by atoms with E-state index in [0.29, 0.717) is 53.9 Å². The topological polar surface area (TPSA) is 75.0 Å². The molecule has 9 heteroatoms. The van der Waals surface area contributed by atoms with E-state index in [1.165, 1.54) is 0 Å². The molecule has 0 atom stereocenters. The first-order chi connectivity index (χ1) is 14.2. The summed E-state index contributed by atoms with van der Waals surface area (Å²) < 4.78 is 52.4. The molecule has 0 saturated carbocycles. The highest BCUT2D eigenvalue weighted by Crippen LogP contribution is 2.30. The van der Waals surface area contributed by atoms with Crippen LogP contribution in [0.3, 0.4) is 0 Å². The van der Waals surface area contributed by atoms with Crippen LogP contribution in [-0.2, 0) is 25.7 Å². The summed E-state index contributed by atoms with van der Waals surface area (Å²) in [7, 11) is 0. The maximum Gasteiger partial charge on any atom is 0.416 e. The molecule has 0 unspecified atom stereocenters. The lowest BCUT2D eigenvalue weighted by Crippen LogP contribution is -2.35. The van der Waals surface area contributed by atoms with Crippen LogP contribution in [0.2, 0.25) is 0 Å². The number of nitrogens with two attached hydrogens (primary N) is 1. The zero-order chi connectivity index (χ0) is 21.5. The number of benzene rings is 2. The molecule has 2 aromatic carbocycles. The van der Waals surface area contributed by atoms with Gasteiger partial charge in [0.1, 0.15) is 11.6 Å². The number of nitrogens with zero attached hydrogens (tertiary/aromatic N) is 2. The minimum absolute atomic E-state index is 0.120. The highest BCUT2D eigenvalue weighted by molar-refractivity contribution is 5.58. The normalized spacial score (nSPS) is 14.5. The van der Waals surface area contributed by atoms with E-state index >= 15 is 0 Å². The van der Waals surface area contributed by atoms with E-state index in [1.807, 2.05) is 4.90 Å². The van der Waals surface area contributed by atoms with Gasteiger partial charge in [-0.3, -0.25) is 9.69 Å². The first-order valence-electron chi connectivity index (χ1n) is 9.26. The summed E-state index contributed by atoms with van der Waals surface area (Å²) in [5.41, 5.74) is 7.04. The lowest BCUT2D eigenvalue weighted by Gasteiger charge is -2.28. The van der Waals surface area contributed by atoms with Crippen molar-refractivity contribution in [3.8, 4) is 11.4 Å². The summed E-state index contributed by atoms with van der Waals surface area (Å²) in [5, 5.41) is 0. The Kier molecular flexibility index (Phi) is 5.07. The fraction of sp³-hybridized carbons (Fsp3) is 0.238. The Morgan fingerprint density at radius 3 is 2.53 bits per heavy atom. The smallest absolute Gasteiger partial charge is 0.399 e. The average molecular weight is 418 g/mol. The molecule has 1 aliphatic heterocycles. The Morgan fingerprint density at radius 1 is 1.13 bits per heavy atom. The maximum absolute atomic E-state index is 14.2. The Bertz CT molecular complexity index is 1140. The summed E-state index contributed by atoms with van der Waals surface area (Å²) in [5.74, 6) is -0.502. The monoisotopic (exact) mass is 418 g/mol. The zero-order valence-electron chi connectivity index (χ0n) is 15.8. The molecular formula is C21H18F4N4O. The van der Waals surface area contributed by atoms with Gasteiger partial charge in [0.15, 0.2) is 0 Å². The van der Waals surface area contributed by atoms with Gasteiger partial charge >= 0.3 is 6.18 Å². The highest BCUT2D eigenvalue weighted by atomic mass is 19.4. The number of nitrogen functional groups attached to an aromatic ring is 1. The lowest BCUT2D eigenvalue weighted by molar-refractivity contribution is -0.137. The first kappa shape index (κ1) is 20.1. The molecule has 1 aliphatic rings. The van der Waals surface area contributed by atoms with E-state index in [1.54, 1.807) is 24.3 Å². The van der Waals surface area contributed by atoms with E-state index < -0.39 is 17.6 Å². The lowest BCUT2D eigenvalue weighted by atomic mass is 10.0. The van der Waals surface area contributed by atoms with Crippen LogP contribution in [0.5, 0.6) is 0 Å². The van der Waals surface area contributed by atoms with Gasteiger partial charge in [-0.25, -0.2) is 9.37 Å². The predicted octanol–water partition coefficient (Wildman–Crippen LogP) is 3.74. The Labute approximate surface area is 169 Å². The number of rotatable bonds is 3. The minimum Gasteiger partial charge on any atom is -0.399 e. The van der Waals surface area contributed by atoms with Crippen LogP contribution < -0.4 is 11.3 Å². The van der Waals surface area contributed by atoms with Crippen molar-refractivity contribution in [3.05, 3.63) is 81.0 Å². The number of halogens is 4. The van der Waals surface area contributed by atoms with E-state index in [-0.39, 0.29) is 17.7 Å². The van der Waals surface area contributed by atoms with Gasteiger partial charge < -0.3 is 10.7 Å². The Balaban J connectivity index is 1.57. The fourth-order valence-electron chi connectivity index (χ4n) is 3.50. The number of H-pyrrole nitrogens is 1. The van der Waals surface area contributed by atoms with Crippen LogP contribution in [-0.4, -0.2) is 21.4 Å². The van der Waals surface area contributed by atoms with Gasteiger partial charge in [-0.15, -0.1) is 0 Å². The van der Waals surface area contributed by atoms with Crippen LogP contribution in [0.1, 0.15) is 22.4 Å². The van der Waals surface area contributed by atoms with Crippen LogP contribution in [0.4, 0.5) is 23.2 Å². The number of hydrogen-bond donors (Lipinski definition) is 2. The van der Waals surface area contributed by atoms with Gasteiger partial charge in [0.25, 0.3) is 5.56 Å². The van der Waals surface area contributed by atoms with Gasteiger partial charge in [-0.2, -0.15) is 13.2 Å². The van der Waals surface area contributed by atoms with Crippen molar-refractivity contribution in [2.24, 2.45) is 0 Å². The zero-order valence-corrected chi connectivity index (χ0v) is 15.8. The molecule has 0 amide bonds. The van der Waals surface area contributed by atoms with E-state index in [9.17, 15) is 22.4 Å². The number of fused-ring (bicyclic) bond motifs is 1. The van der Waals surface area contributed by atoms with Crippen molar-refractivity contribution in [1.29, 1.82) is 0 Å². The standard InChI is InChI=1S/C21H18F4N4O/c22-17-9-14(21(23,24)25)4-1-13(17)10-29-8-7-16-18(11-29)27-19(28-20(16)30)12-2-5-15(26)6-3-12/h1-6,9H,7-8,10-11,26H2,(H,27,28,30). The second-order valence-electron chi connectivity index (χ2n) is 7.23. The molecule has 2 heterocycles. The third-order valence-corrected chi connectivity index (χ3v) is 5.11. The highest BCUT2D eigenvalue weighted by Gasteiger charge is 2.31. The molecule has 4 rings (SSSR count). The fourth-order valence-corrected chi connectivity index (χ4v) is 3.50. The molecule has 156 valence electrons. The molecule has 0 fully saturated rings. The van der Waals surface area contributed by atoms with Crippen LogP contribution in [0, 0.1) is 5.82 Å². The van der Waals surface area contributed by atoms with Crippen molar-refractivity contribution in [2.45, 2.75) is 25.7 Å². The summed E-state index contributed by atoms with van der Waals surface area (Å²) in [6, 6.07) is 9.44. The number of alkyl halides is 3. The summed E-state index contributed by atoms with van der Waals surface area (Å²) in [4.78, 5) is 21.7. The van der Waals surface area contributed by atoms with Gasteiger partial charge in [-0.05, 0) is 42.8 Å². The van der Waals surface area contributed by atoms with Crippen LogP contribution in [0.25, 0.3) is 11.4 Å². The molecule has 30 heavy (non-hydrogen) atoms. The second-order valence-corrected chi connectivity index (χ2v) is 7.23. The van der Waals surface area contributed by atoms with Crippen molar-refractivity contribution in [1.82, 2.24) is 14.9 Å². The minimum atomic E-state index is -4.59. The van der Waals surface area contributed by atoms with Crippen LogP contribution in [0.15, 0.2) is 47.3 Å². The summed E-state index contributed by atoms with van der Waals surface area (Å²) in [6.45, 7) is 0.885. The van der Waals surface area contributed by atoms with E-state index in [2.05, 4.69) is 9.97 Å². The maximum atomic E-state index is 14.2. The van der Waals surface area contributed by atoms with Gasteiger partial charge in [0.2, 0.25) is 0 Å². The van der Waals surface area contributed by atoms with Crippen molar-refractivity contribution >= 4 is 5.69 Å². The van der Waals surface area contributed by atoms with Crippen LogP contribution >= 0.6 is 0 Å². The number of aromatic amines is 1. The summed E-state index contributed by atoms with van der Waals surface area (Å²) >= 11 is 0. The number of hydrogen-bond acceptors (Lipinski definition) is 4. The second kappa shape index (κ2) is 7.56. The molecule has 0 bridgehead atoms. The van der Waals surface area contributed by atoms with Gasteiger partial charge in [0, 0.05) is 42.0 Å². The van der Waals surface area contributed by atoms with Crippen molar-refractivity contribution in [2.75, 3.05) is 12.3 Å². The third-order valence-electron chi connectivity index (χ3n) is 5.11. The predicted molar refractivity (Wildman–Crippen MR) is 104 cm³/mol. The van der Waals surface area contributed by atoms with E-state index in [0.717, 1.165) is 12.1 Å². The molecule has 0 radical (unpaired) electrons. The third kappa shape index (κ3) is 4.06. The Morgan fingerprint density at radius 2 is 1.87 bits per heavy atom. The van der Waals surface area contributed by atoms with Gasteiger partial charge in [0.05, 0.1) is 11.3 Å². The first-order valence-corrected chi connectivity index (χ1v) is 9.26. The molecule has 0 aliphatic carbocycles. The number of nitrogens with one attached hydrogen (secondary N) is 1. The van der Waals surface area contributed by atoms with Crippen molar-refractivity contribution in [3.63, 3.8) is 0 Å². The number of aromatic nitrogens is 2. The molecule has 3 N–H and O–H groups in total. The summed E-state index contributed by atoms with van der Waals surface area (Å²) in [6.07, 6.45) is -4.17. The largest absolute Gasteiger partial charge is 0.416 e. The van der Waals surface area contributed by atoms with Crippen molar-refractivity contribution < 1.29 is 17.6 Å². The van der Waals surface area contributed by atoms with Gasteiger partial charge in [-0.1, -0.05) is 6.07 Å². The molecule has 0 saturated heterocycles. The SMILES string of the molecule is Nc1ccc(-c2nc3c(c(=O)[nH]2)CCN(Cc2ccc(C(F)(F)F)cc2F)C3)cc1. The molecular weight excluding hydrogens is 400 g/mol.